The van der Waals surface area contributed by atoms with Gasteiger partial charge in [-0.1, -0.05) is 20.8 Å². The normalized spacial score (nSPS) is 38.4. The zero-order valence-corrected chi connectivity index (χ0v) is 13.7. The number of esters is 1. The summed E-state index contributed by atoms with van der Waals surface area (Å²) in [5, 5.41) is 10.7. The molecule has 23 heavy (non-hydrogen) atoms. The van der Waals surface area contributed by atoms with Crippen LogP contribution in [0.5, 0.6) is 0 Å². The predicted molar refractivity (Wildman–Crippen MR) is 83.9 cm³/mol. The lowest BCUT2D eigenvalue weighted by atomic mass is 9.75. The fourth-order valence-electron chi connectivity index (χ4n) is 5.87. The number of carbonyl (C=O) groups is 1. The summed E-state index contributed by atoms with van der Waals surface area (Å²) in [4.78, 5) is 22.4. The summed E-state index contributed by atoms with van der Waals surface area (Å²) in [7, 11) is 0. The van der Waals surface area contributed by atoms with Crippen LogP contribution in [-0.2, 0) is 4.74 Å². The summed E-state index contributed by atoms with van der Waals surface area (Å²) in [6, 6.07) is 5.60. The van der Waals surface area contributed by atoms with Crippen LogP contribution in [-0.4, -0.2) is 17.5 Å². The molecule has 0 saturated heterocycles. The molecule has 122 valence electrons. The Bertz CT molecular complexity index is 710. The summed E-state index contributed by atoms with van der Waals surface area (Å²) in [5.41, 5.74) is 1.14. The number of hydrogen-bond donors (Lipinski definition) is 0. The molecule has 4 aliphatic rings. The number of rotatable bonds is 4. The van der Waals surface area contributed by atoms with E-state index in [4.69, 9.17) is 4.74 Å². The third-order valence-electron chi connectivity index (χ3n) is 7.58. The first-order chi connectivity index (χ1) is 10.7. The van der Waals surface area contributed by atoms with Crippen LogP contribution >= 0.6 is 0 Å². The minimum Gasteiger partial charge on any atom is -0.461 e. The SMILES string of the molecule is CC1(C)[C@H]2C[C@H]3[C@@](COC(=O)c4ccc([N+](=O)[O-])cc4)(C2)[C@@]31C. The fraction of sp³-hybridized carbons (Fsp3) is 0.611. The van der Waals surface area contributed by atoms with Gasteiger partial charge in [0.1, 0.15) is 0 Å². The number of nitro groups is 1. The smallest absolute Gasteiger partial charge is 0.338 e. The van der Waals surface area contributed by atoms with Crippen molar-refractivity contribution in [2.75, 3.05) is 6.61 Å². The Morgan fingerprint density at radius 1 is 1.30 bits per heavy atom. The summed E-state index contributed by atoms with van der Waals surface area (Å²) in [6.07, 6.45) is 2.42. The molecular formula is C18H21NO4. The van der Waals surface area contributed by atoms with E-state index < -0.39 is 4.92 Å². The predicted octanol–water partition coefficient (Wildman–Crippen LogP) is 3.82. The standard InChI is InChI=1S/C18H21NO4/c1-16(2)12-8-14-17(16,3)18(14,9-12)10-23-15(20)11-4-6-13(7-5-11)19(21)22/h4-7,12,14H,8-10H2,1-3H3/t12-,14+,17-,18-/m0/s1. The maximum absolute atomic E-state index is 12.2. The first kappa shape index (κ1) is 14.7. The van der Waals surface area contributed by atoms with Gasteiger partial charge in [0.2, 0.25) is 0 Å². The monoisotopic (exact) mass is 315 g/mol. The average molecular weight is 315 g/mol. The lowest BCUT2D eigenvalue weighted by Gasteiger charge is -2.29. The molecule has 4 aliphatic carbocycles. The number of ether oxygens (including phenoxy) is 1. The van der Waals surface area contributed by atoms with Gasteiger partial charge in [-0.15, -0.1) is 0 Å². The van der Waals surface area contributed by atoms with E-state index in [2.05, 4.69) is 20.8 Å². The second-order valence-corrected chi connectivity index (χ2v) is 8.15. The lowest BCUT2D eigenvalue weighted by Crippen LogP contribution is -2.25. The van der Waals surface area contributed by atoms with Crippen molar-refractivity contribution in [2.24, 2.45) is 28.1 Å². The van der Waals surface area contributed by atoms with Gasteiger partial charge in [-0.2, -0.15) is 0 Å². The van der Waals surface area contributed by atoms with Gasteiger partial charge in [-0.3, -0.25) is 10.1 Å². The Kier molecular flexibility index (Phi) is 2.64. The van der Waals surface area contributed by atoms with Crippen LogP contribution in [0.25, 0.3) is 0 Å². The molecule has 5 nitrogen and oxygen atoms in total. The van der Waals surface area contributed by atoms with Gasteiger partial charge in [0.15, 0.2) is 0 Å². The maximum atomic E-state index is 12.2. The number of nitro benzene ring substituents is 1. The summed E-state index contributed by atoms with van der Waals surface area (Å²) < 4.78 is 5.60. The average Bonchev–Trinajstić information content (AvgIpc) is 2.80. The minimum absolute atomic E-state index is 0.0201. The molecule has 0 aromatic heterocycles. The molecule has 0 N–H and O–H groups in total. The Hall–Kier alpha value is -1.91. The highest BCUT2D eigenvalue weighted by molar-refractivity contribution is 5.89. The number of nitrogens with zero attached hydrogens (tertiary/aromatic N) is 1. The Morgan fingerprint density at radius 2 is 1.96 bits per heavy atom. The van der Waals surface area contributed by atoms with Crippen molar-refractivity contribution >= 4 is 11.7 Å². The van der Waals surface area contributed by atoms with E-state index in [1.165, 1.54) is 30.7 Å². The molecule has 0 spiro atoms. The minimum atomic E-state index is -0.475. The van der Waals surface area contributed by atoms with Crippen LogP contribution in [0.3, 0.4) is 0 Å². The van der Waals surface area contributed by atoms with Gasteiger partial charge < -0.3 is 4.74 Å². The van der Waals surface area contributed by atoms with E-state index >= 15 is 0 Å². The first-order valence-electron chi connectivity index (χ1n) is 8.15. The van der Waals surface area contributed by atoms with Gasteiger partial charge in [0.25, 0.3) is 5.69 Å². The molecule has 0 aliphatic heterocycles. The molecule has 1 aromatic rings. The van der Waals surface area contributed by atoms with Gasteiger partial charge in [-0.05, 0) is 47.6 Å². The molecule has 1 aromatic carbocycles. The fourth-order valence-corrected chi connectivity index (χ4v) is 5.87. The molecule has 0 heterocycles. The van der Waals surface area contributed by atoms with Crippen LogP contribution < -0.4 is 0 Å². The first-order valence-corrected chi connectivity index (χ1v) is 8.15. The summed E-state index contributed by atoms with van der Waals surface area (Å²) in [5.74, 6) is 1.04. The molecule has 0 radical (unpaired) electrons. The van der Waals surface area contributed by atoms with E-state index in [1.54, 1.807) is 0 Å². The van der Waals surface area contributed by atoms with Crippen LogP contribution in [0, 0.1) is 38.2 Å². The topological polar surface area (TPSA) is 69.4 Å². The Labute approximate surface area is 135 Å². The highest BCUT2D eigenvalue weighted by Crippen LogP contribution is 2.92. The summed E-state index contributed by atoms with van der Waals surface area (Å²) >= 11 is 0. The molecule has 5 heteroatoms. The van der Waals surface area contributed by atoms with E-state index in [0.717, 1.165) is 12.3 Å². The van der Waals surface area contributed by atoms with Crippen LogP contribution in [0.4, 0.5) is 5.69 Å². The molecule has 4 fully saturated rings. The Balaban J connectivity index is 1.45. The van der Waals surface area contributed by atoms with Crippen LogP contribution in [0.15, 0.2) is 24.3 Å². The van der Waals surface area contributed by atoms with Gasteiger partial charge >= 0.3 is 5.97 Å². The molecule has 0 unspecified atom stereocenters. The number of non-ortho nitro benzene ring substituents is 1. The van der Waals surface area contributed by atoms with E-state index in [9.17, 15) is 14.9 Å². The number of carbonyl (C=O) groups excluding carboxylic acids is 1. The quantitative estimate of drug-likeness (QED) is 0.481. The van der Waals surface area contributed by atoms with Gasteiger partial charge in [-0.25, -0.2) is 4.79 Å². The van der Waals surface area contributed by atoms with Gasteiger partial charge in [0.05, 0.1) is 17.1 Å². The molecule has 4 atom stereocenters. The van der Waals surface area contributed by atoms with Crippen molar-refractivity contribution in [3.8, 4) is 0 Å². The highest BCUT2D eigenvalue weighted by atomic mass is 16.6. The third-order valence-corrected chi connectivity index (χ3v) is 7.58. The molecule has 5 rings (SSSR count). The zero-order chi connectivity index (χ0) is 16.6. The lowest BCUT2D eigenvalue weighted by molar-refractivity contribution is -0.384. The van der Waals surface area contributed by atoms with E-state index in [1.807, 2.05) is 0 Å². The number of hydrogen-bond acceptors (Lipinski definition) is 4. The summed E-state index contributed by atoms with van der Waals surface area (Å²) in [6.45, 7) is 7.53. The van der Waals surface area contributed by atoms with E-state index in [0.29, 0.717) is 28.9 Å². The second-order valence-electron chi connectivity index (χ2n) is 8.15. The van der Waals surface area contributed by atoms with Crippen molar-refractivity contribution in [3.63, 3.8) is 0 Å². The second kappa shape index (κ2) is 4.13. The third kappa shape index (κ3) is 1.55. The van der Waals surface area contributed by atoms with Crippen LogP contribution in [0.2, 0.25) is 0 Å². The molecule has 4 saturated carbocycles. The maximum Gasteiger partial charge on any atom is 0.338 e. The zero-order valence-electron chi connectivity index (χ0n) is 13.7. The highest BCUT2D eigenvalue weighted by Gasteiger charge is 2.88. The van der Waals surface area contributed by atoms with Crippen molar-refractivity contribution in [3.05, 3.63) is 39.9 Å². The number of benzene rings is 1. The van der Waals surface area contributed by atoms with Crippen molar-refractivity contribution in [2.45, 2.75) is 33.6 Å². The van der Waals surface area contributed by atoms with Crippen molar-refractivity contribution in [1.82, 2.24) is 0 Å². The largest absolute Gasteiger partial charge is 0.461 e. The molecule has 4 bridgehead atoms. The van der Waals surface area contributed by atoms with Crippen molar-refractivity contribution in [1.29, 1.82) is 0 Å². The van der Waals surface area contributed by atoms with E-state index in [-0.39, 0.29) is 17.1 Å². The van der Waals surface area contributed by atoms with Gasteiger partial charge in [0, 0.05) is 17.5 Å². The molecule has 0 amide bonds. The van der Waals surface area contributed by atoms with Crippen LogP contribution in [0.1, 0.15) is 44.0 Å². The Morgan fingerprint density at radius 3 is 2.39 bits per heavy atom. The van der Waals surface area contributed by atoms with Crippen molar-refractivity contribution < 1.29 is 14.5 Å². The molecular weight excluding hydrogens is 294 g/mol.